The monoisotopic (exact) mass is 254 g/mol. The van der Waals surface area contributed by atoms with Crippen LogP contribution in [0.25, 0.3) is 0 Å². The third kappa shape index (κ3) is 2.88. The van der Waals surface area contributed by atoms with Crippen molar-refractivity contribution in [3.63, 3.8) is 0 Å². The lowest BCUT2D eigenvalue weighted by atomic mass is 9.78. The van der Waals surface area contributed by atoms with Gasteiger partial charge in [0.2, 0.25) is 0 Å². The number of hydrogen-bond acceptors (Lipinski definition) is 4. The van der Waals surface area contributed by atoms with E-state index in [0.29, 0.717) is 0 Å². The molecule has 3 nitrogen and oxygen atoms in total. The van der Waals surface area contributed by atoms with Gasteiger partial charge in [0.05, 0.1) is 11.6 Å². The molecule has 0 spiro atoms. The van der Waals surface area contributed by atoms with Crippen LogP contribution in [0.4, 0.5) is 0 Å². The van der Waals surface area contributed by atoms with Gasteiger partial charge in [-0.25, -0.2) is 0 Å². The minimum absolute atomic E-state index is 0.0724. The molecule has 0 radical (unpaired) electrons. The second-order valence-electron chi connectivity index (χ2n) is 4.83. The van der Waals surface area contributed by atoms with E-state index in [9.17, 15) is 0 Å². The van der Waals surface area contributed by atoms with Crippen molar-refractivity contribution in [2.75, 3.05) is 7.11 Å². The van der Waals surface area contributed by atoms with Gasteiger partial charge in [-0.3, -0.25) is 11.3 Å². The summed E-state index contributed by atoms with van der Waals surface area (Å²) in [6.07, 6.45) is 7.00. The number of methoxy groups -OCH3 is 1. The Morgan fingerprint density at radius 2 is 2.24 bits per heavy atom. The molecule has 1 unspecified atom stereocenters. The Hall–Kier alpha value is -0.420. The highest BCUT2D eigenvalue weighted by molar-refractivity contribution is 7.09. The first-order valence-corrected chi connectivity index (χ1v) is 7.22. The SMILES string of the molecule is COC1(C(Cc2cccs2)NN)CCCCC1. The van der Waals surface area contributed by atoms with Crippen LogP contribution in [0.2, 0.25) is 0 Å². The van der Waals surface area contributed by atoms with Crippen LogP contribution in [0.1, 0.15) is 37.0 Å². The van der Waals surface area contributed by atoms with Crippen LogP contribution in [0.5, 0.6) is 0 Å². The zero-order chi connectivity index (χ0) is 12.1. The molecular weight excluding hydrogens is 232 g/mol. The molecule has 2 rings (SSSR count). The number of nitrogens with two attached hydrogens (primary N) is 1. The molecule has 1 atom stereocenters. The third-order valence-electron chi connectivity index (χ3n) is 3.93. The Bertz CT molecular complexity index is 320. The molecule has 0 saturated heterocycles. The van der Waals surface area contributed by atoms with Crippen LogP contribution in [-0.4, -0.2) is 18.8 Å². The minimum atomic E-state index is -0.0724. The van der Waals surface area contributed by atoms with E-state index in [1.807, 2.05) is 7.11 Å². The maximum absolute atomic E-state index is 5.84. The average molecular weight is 254 g/mol. The fourth-order valence-electron chi connectivity index (χ4n) is 2.87. The molecule has 1 aromatic rings. The van der Waals surface area contributed by atoms with Gasteiger partial charge in [-0.2, -0.15) is 0 Å². The predicted octanol–water partition coefficient (Wildman–Crippen LogP) is 2.47. The van der Waals surface area contributed by atoms with Crippen molar-refractivity contribution in [2.24, 2.45) is 5.84 Å². The first-order valence-electron chi connectivity index (χ1n) is 6.34. The molecule has 0 bridgehead atoms. The standard InChI is InChI=1S/C13H22N2OS/c1-16-13(7-3-2-4-8-13)12(15-14)10-11-6-5-9-17-11/h5-6,9,12,15H,2-4,7-8,10,14H2,1H3. The number of hydrogen-bond donors (Lipinski definition) is 2. The number of hydrazine groups is 1. The van der Waals surface area contributed by atoms with Gasteiger partial charge in [-0.05, 0) is 24.3 Å². The number of thiophene rings is 1. The highest BCUT2D eigenvalue weighted by atomic mass is 32.1. The second-order valence-corrected chi connectivity index (χ2v) is 5.86. The maximum atomic E-state index is 5.84. The molecule has 1 saturated carbocycles. The van der Waals surface area contributed by atoms with Gasteiger partial charge >= 0.3 is 0 Å². The van der Waals surface area contributed by atoms with Crippen LogP contribution in [-0.2, 0) is 11.2 Å². The molecule has 0 amide bonds. The Labute approximate surface area is 107 Å². The van der Waals surface area contributed by atoms with Gasteiger partial charge < -0.3 is 4.74 Å². The Balaban J connectivity index is 2.09. The van der Waals surface area contributed by atoms with Gasteiger partial charge in [-0.15, -0.1) is 11.3 Å². The van der Waals surface area contributed by atoms with E-state index in [1.54, 1.807) is 11.3 Å². The smallest absolute Gasteiger partial charge is 0.0847 e. The van der Waals surface area contributed by atoms with E-state index in [1.165, 1.54) is 24.1 Å². The number of ether oxygens (including phenoxy) is 1. The van der Waals surface area contributed by atoms with E-state index in [2.05, 4.69) is 22.9 Å². The molecule has 1 heterocycles. The summed E-state index contributed by atoms with van der Waals surface area (Å²) in [5.74, 6) is 5.76. The molecule has 0 aliphatic heterocycles. The summed E-state index contributed by atoms with van der Waals surface area (Å²) < 4.78 is 5.84. The lowest BCUT2D eigenvalue weighted by molar-refractivity contribution is -0.0672. The van der Waals surface area contributed by atoms with Crippen LogP contribution < -0.4 is 11.3 Å². The third-order valence-corrected chi connectivity index (χ3v) is 4.83. The van der Waals surface area contributed by atoms with E-state index in [4.69, 9.17) is 10.6 Å². The first kappa shape index (κ1) is 13.0. The molecule has 3 N–H and O–H groups in total. The Kier molecular flexibility index (Phi) is 4.56. The molecule has 96 valence electrons. The average Bonchev–Trinajstić information content (AvgIpc) is 2.89. The van der Waals surface area contributed by atoms with Crippen molar-refractivity contribution in [3.8, 4) is 0 Å². The quantitative estimate of drug-likeness (QED) is 0.627. The lowest BCUT2D eigenvalue weighted by Crippen LogP contribution is -2.56. The van der Waals surface area contributed by atoms with Crippen molar-refractivity contribution in [1.82, 2.24) is 5.43 Å². The summed E-state index contributed by atoms with van der Waals surface area (Å²) in [5.41, 5.74) is 2.91. The molecule has 1 aliphatic rings. The highest BCUT2D eigenvalue weighted by Crippen LogP contribution is 2.35. The molecular formula is C13H22N2OS. The summed E-state index contributed by atoms with van der Waals surface area (Å²) in [5, 5.41) is 2.11. The molecule has 4 heteroatoms. The molecule has 17 heavy (non-hydrogen) atoms. The maximum Gasteiger partial charge on any atom is 0.0847 e. The van der Waals surface area contributed by atoms with E-state index in [-0.39, 0.29) is 11.6 Å². The van der Waals surface area contributed by atoms with Crippen molar-refractivity contribution in [1.29, 1.82) is 0 Å². The summed E-state index contributed by atoms with van der Waals surface area (Å²) in [4.78, 5) is 1.37. The van der Waals surface area contributed by atoms with Crippen molar-refractivity contribution in [2.45, 2.75) is 50.2 Å². The van der Waals surface area contributed by atoms with Gasteiger partial charge in [0.15, 0.2) is 0 Å². The summed E-state index contributed by atoms with van der Waals surface area (Å²) >= 11 is 1.79. The van der Waals surface area contributed by atoms with Crippen molar-refractivity contribution < 1.29 is 4.74 Å². The minimum Gasteiger partial charge on any atom is -0.377 e. The van der Waals surface area contributed by atoms with Crippen LogP contribution >= 0.6 is 11.3 Å². The van der Waals surface area contributed by atoms with E-state index < -0.39 is 0 Å². The lowest BCUT2D eigenvalue weighted by Gasteiger charge is -2.42. The van der Waals surface area contributed by atoms with Gasteiger partial charge in [0.1, 0.15) is 0 Å². The number of nitrogens with one attached hydrogen (secondary N) is 1. The van der Waals surface area contributed by atoms with Gasteiger partial charge in [0.25, 0.3) is 0 Å². The summed E-state index contributed by atoms with van der Waals surface area (Å²) in [6, 6.07) is 4.47. The Morgan fingerprint density at radius 3 is 2.76 bits per heavy atom. The van der Waals surface area contributed by atoms with E-state index >= 15 is 0 Å². The topological polar surface area (TPSA) is 47.3 Å². The second kappa shape index (κ2) is 5.96. The number of rotatable bonds is 5. The molecule has 1 fully saturated rings. The molecule has 1 aromatic heterocycles. The van der Waals surface area contributed by atoms with Crippen molar-refractivity contribution in [3.05, 3.63) is 22.4 Å². The fourth-order valence-corrected chi connectivity index (χ4v) is 3.62. The largest absolute Gasteiger partial charge is 0.377 e. The highest BCUT2D eigenvalue weighted by Gasteiger charge is 2.39. The molecule has 0 aromatic carbocycles. The van der Waals surface area contributed by atoms with Crippen LogP contribution in [0.15, 0.2) is 17.5 Å². The van der Waals surface area contributed by atoms with Crippen molar-refractivity contribution >= 4 is 11.3 Å². The van der Waals surface area contributed by atoms with Crippen LogP contribution in [0, 0.1) is 0 Å². The van der Waals surface area contributed by atoms with Gasteiger partial charge in [-0.1, -0.05) is 25.3 Å². The van der Waals surface area contributed by atoms with Gasteiger partial charge in [0, 0.05) is 18.4 Å². The van der Waals surface area contributed by atoms with E-state index in [0.717, 1.165) is 19.3 Å². The first-order chi connectivity index (χ1) is 8.30. The predicted molar refractivity (Wildman–Crippen MR) is 72.0 cm³/mol. The normalized spacial score (nSPS) is 21.3. The summed E-state index contributed by atoms with van der Waals surface area (Å²) in [7, 11) is 1.82. The fraction of sp³-hybridized carbons (Fsp3) is 0.692. The van der Waals surface area contributed by atoms with Crippen LogP contribution in [0.3, 0.4) is 0 Å². The zero-order valence-corrected chi connectivity index (χ0v) is 11.3. The summed E-state index contributed by atoms with van der Waals surface area (Å²) in [6.45, 7) is 0. The zero-order valence-electron chi connectivity index (χ0n) is 10.4. The molecule has 1 aliphatic carbocycles. The Morgan fingerprint density at radius 1 is 1.47 bits per heavy atom.